The molecule has 1 aliphatic rings. The lowest BCUT2D eigenvalue weighted by Gasteiger charge is -2.33. The first-order valence-corrected chi connectivity index (χ1v) is 10.8. The quantitative estimate of drug-likeness (QED) is 0.635. The molecular formula is C25H27FN4O. The standard InChI is InChI=1S/C25H27FN4O/c26-21-12-5-10-19(15-21)22-16-28-25(27)29-24(22)20-11-6-14-30(17-20)23(31)13-4-9-18-7-2-1-3-8-18/h1-3,5,7-8,10,12,15-16,20H,4,6,9,11,13-14,17H2,(H2,27,28,29)/t20-/m0/s1. The zero-order valence-electron chi connectivity index (χ0n) is 17.5. The summed E-state index contributed by atoms with van der Waals surface area (Å²) in [7, 11) is 0. The lowest BCUT2D eigenvalue weighted by Crippen LogP contribution is -2.39. The van der Waals surface area contributed by atoms with Crippen LogP contribution in [0.3, 0.4) is 0 Å². The van der Waals surface area contributed by atoms with Gasteiger partial charge in [0.1, 0.15) is 5.82 Å². The Balaban J connectivity index is 1.46. The molecule has 0 spiro atoms. The van der Waals surface area contributed by atoms with Crippen LogP contribution in [0.25, 0.3) is 11.1 Å². The molecule has 1 atom stereocenters. The first-order valence-electron chi connectivity index (χ1n) is 10.8. The van der Waals surface area contributed by atoms with Crippen molar-refractivity contribution in [3.05, 3.63) is 77.9 Å². The van der Waals surface area contributed by atoms with Crippen molar-refractivity contribution in [2.24, 2.45) is 0 Å². The fourth-order valence-electron chi connectivity index (χ4n) is 4.27. The van der Waals surface area contributed by atoms with Crippen LogP contribution < -0.4 is 5.73 Å². The maximum atomic E-state index is 13.8. The average Bonchev–Trinajstić information content (AvgIpc) is 2.80. The van der Waals surface area contributed by atoms with Gasteiger partial charge in [0.05, 0.1) is 5.69 Å². The van der Waals surface area contributed by atoms with Gasteiger partial charge in [0.25, 0.3) is 0 Å². The van der Waals surface area contributed by atoms with Crippen LogP contribution >= 0.6 is 0 Å². The molecule has 1 aromatic heterocycles. The molecule has 2 N–H and O–H groups in total. The van der Waals surface area contributed by atoms with Crippen LogP contribution in [0.5, 0.6) is 0 Å². The smallest absolute Gasteiger partial charge is 0.222 e. The second kappa shape index (κ2) is 9.69. The highest BCUT2D eigenvalue weighted by atomic mass is 19.1. The van der Waals surface area contributed by atoms with E-state index < -0.39 is 0 Å². The number of benzene rings is 2. The van der Waals surface area contributed by atoms with Crippen molar-refractivity contribution in [1.29, 1.82) is 0 Å². The number of amides is 1. The first kappa shape index (κ1) is 21.0. The van der Waals surface area contributed by atoms with Crippen molar-refractivity contribution >= 4 is 11.9 Å². The Bertz CT molecular complexity index is 1040. The summed E-state index contributed by atoms with van der Waals surface area (Å²) < 4.78 is 13.8. The van der Waals surface area contributed by atoms with E-state index in [1.807, 2.05) is 29.2 Å². The van der Waals surface area contributed by atoms with Crippen LogP contribution in [0.4, 0.5) is 10.3 Å². The second-order valence-electron chi connectivity index (χ2n) is 8.06. The molecule has 0 unspecified atom stereocenters. The lowest BCUT2D eigenvalue weighted by atomic mass is 9.89. The van der Waals surface area contributed by atoms with Crippen LogP contribution in [0.2, 0.25) is 0 Å². The fraction of sp³-hybridized carbons (Fsp3) is 0.320. The van der Waals surface area contributed by atoms with Crippen molar-refractivity contribution in [3.63, 3.8) is 0 Å². The topological polar surface area (TPSA) is 72.1 Å². The summed E-state index contributed by atoms with van der Waals surface area (Å²) in [4.78, 5) is 23.4. The van der Waals surface area contributed by atoms with Crippen molar-refractivity contribution in [1.82, 2.24) is 14.9 Å². The summed E-state index contributed by atoms with van der Waals surface area (Å²) in [5, 5.41) is 0. The molecule has 0 aliphatic carbocycles. The van der Waals surface area contributed by atoms with Gasteiger partial charge in [-0.15, -0.1) is 0 Å². The highest BCUT2D eigenvalue weighted by Crippen LogP contribution is 2.33. The summed E-state index contributed by atoms with van der Waals surface area (Å²) in [6.45, 7) is 1.36. The fourth-order valence-corrected chi connectivity index (χ4v) is 4.27. The Morgan fingerprint density at radius 3 is 2.81 bits per heavy atom. The summed E-state index contributed by atoms with van der Waals surface area (Å²) >= 11 is 0. The third-order valence-corrected chi connectivity index (χ3v) is 5.83. The van der Waals surface area contributed by atoms with Crippen molar-refractivity contribution in [3.8, 4) is 11.1 Å². The molecular weight excluding hydrogens is 391 g/mol. The van der Waals surface area contributed by atoms with Gasteiger partial charge in [-0.05, 0) is 48.9 Å². The van der Waals surface area contributed by atoms with Gasteiger partial charge in [-0.25, -0.2) is 14.4 Å². The Kier molecular flexibility index (Phi) is 6.55. The number of carbonyl (C=O) groups excluding carboxylic acids is 1. The van der Waals surface area contributed by atoms with Gasteiger partial charge >= 0.3 is 0 Å². The predicted octanol–water partition coefficient (Wildman–Crippen LogP) is 4.59. The molecule has 1 amide bonds. The molecule has 31 heavy (non-hydrogen) atoms. The maximum Gasteiger partial charge on any atom is 0.222 e. The van der Waals surface area contributed by atoms with Crippen LogP contribution in [-0.2, 0) is 11.2 Å². The molecule has 160 valence electrons. The molecule has 6 heteroatoms. The van der Waals surface area contributed by atoms with E-state index >= 15 is 0 Å². The molecule has 1 fully saturated rings. The SMILES string of the molecule is Nc1ncc(-c2cccc(F)c2)c([C@H]2CCCN(C(=O)CCCc3ccccc3)C2)n1. The summed E-state index contributed by atoms with van der Waals surface area (Å²) in [6.07, 6.45) is 5.74. The van der Waals surface area contributed by atoms with E-state index in [0.29, 0.717) is 13.0 Å². The normalized spacial score (nSPS) is 16.3. The number of nitrogens with two attached hydrogens (primary N) is 1. The molecule has 1 aliphatic heterocycles. The molecule has 4 rings (SSSR count). The molecule has 0 bridgehead atoms. The van der Waals surface area contributed by atoms with Crippen LogP contribution in [-0.4, -0.2) is 33.9 Å². The van der Waals surface area contributed by atoms with Gasteiger partial charge in [-0.1, -0.05) is 42.5 Å². The van der Waals surface area contributed by atoms with Gasteiger partial charge in [0, 0.05) is 37.2 Å². The van der Waals surface area contributed by atoms with Crippen molar-refractivity contribution in [2.45, 2.75) is 38.0 Å². The Hall–Kier alpha value is -3.28. The van der Waals surface area contributed by atoms with Gasteiger partial charge in [0.15, 0.2) is 0 Å². The number of nitrogen functional groups attached to an aromatic ring is 1. The number of likely N-dealkylation sites (tertiary alicyclic amines) is 1. The molecule has 0 saturated carbocycles. The largest absolute Gasteiger partial charge is 0.368 e. The molecule has 0 radical (unpaired) electrons. The molecule has 1 saturated heterocycles. The number of piperidine rings is 1. The van der Waals surface area contributed by atoms with Crippen molar-refractivity contribution < 1.29 is 9.18 Å². The number of rotatable bonds is 6. The summed E-state index contributed by atoms with van der Waals surface area (Å²) in [6, 6.07) is 16.6. The van der Waals surface area contributed by atoms with Crippen LogP contribution in [0, 0.1) is 5.82 Å². The van der Waals surface area contributed by atoms with E-state index in [1.54, 1.807) is 12.3 Å². The number of hydrogen-bond donors (Lipinski definition) is 1. The molecule has 5 nitrogen and oxygen atoms in total. The third-order valence-electron chi connectivity index (χ3n) is 5.83. The third kappa shape index (κ3) is 5.26. The molecule has 2 heterocycles. The Morgan fingerprint density at radius 2 is 2.00 bits per heavy atom. The number of hydrogen-bond acceptors (Lipinski definition) is 4. The van der Waals surface area contributed by atoms with E-state index in [-0.39, 0.29) is 23.6 Å². The summed E-state index contributed by atoms with van der Waals surface area (Å²) in [5.41, 5.74) is 9.42. The zero-order valence-corrected chi connectivity index (χ0v) is 17.5. The number of anilines is 1. The highest BCUT2D eigenvalue weighted by Gasteiger charge is 2.28. The minimum atomic E-state index is -0.306. The lowest BCUT2D eigenvalue weighted by molar-refractivity contribution is -0.132. The predicted molar refractivity (Wildman–Crippen MR) is 120 cm³/mol. The first-order chi connectivity index (χ1) is 15.1. The monoisotopic (exact) mass is 418 g/mol. The maximum absolute atomic E-state index is 13.8. The Labute approximate surface area is 182 Å². The number of halogens is 1. The highest BCUT2D eigenvalue weighted by molar-refractivity contribution is 5.76. The number of carbonyl (C=O) groups is 1. The van der Waals surface area contributed by atoms with E-state index in [2.05, 4.69) is 22.1 Å². The number of nitrogens with zero attached hydrogens (tertiary/aromatic N) is 3. The second-order valence-corrected chi connectivity index (χ2v) is 8.06. The number of aryl methyl sites for hydroxylation is 1. The van der Waals surface area contributed by atoms with Crippen molar-refractivity contribution in [2.75, 3.05) is 18.8 Å². The molecule has 3 aromatic rings. The van der Waals surface area contributed by atoms with E-state index in [9.17, 15) is 9.18 Å². The zero-order chi connectivity index (χ0) is 21.6. The average molecular weight is 419 g/mol. The van der Waals surface area contributed by atoms with Crippen LogP contribution in [0.15, 0.2) is 60.8 Å². The van der Waals surface area contributed by atoms with Gasteiger partial charge in [-0.3, -0.25) is 4.79 Å². The minimum absolute atomic E-state index is 0.0513. The number of aromatic nitrogens is 2. The van der Waals surface area contributed by atoms with Crippen LogP contribution in [0.1, 0.15) is 42.9 Å². The molecule has 2 aromatic carbocycles. The van der Waals surface area contributed by atoms with Gasteiger partial charge in [-0.2, -0.15) is 0 Å². The summed E-state index contributed by atoms with van der Waals surface area (Å²) in [5.74, 6) is 0.117. The van der Waals surface area contributed by atoms with Gasteiger partial charge < -0.3 is 10.6 Å². The van der Waals surface area contributed by atoms with E-state index in [0.717, 1.165) is 49.0 Å². The Morgan fingerprint density at radius 1 is 1.16 bits per heavy atom. The van der Waals surface area contributed by atoms with Gasteiger partial charge in [0.2, 0.25) is 11.9 Å². The van der Waals surface area contributed by atoms with E-state index in [4.69, 9.17) is 5.73 Å². The van der Waals surface area contributed by atoms with E-state index in [1.165, 1.54) is 17.7 Å². The minimum Gasteiger partial charge on any atom is -0.368 e.